The first-order chi connectivity index (χ1) is 9.20. The summed E-state index contributed by atoms with van der Waals surface area (Å²) in [5.74, 6) is -0.181. The van der Waals surface area contributed by atoms with Gasteiger partial charge < -0.3 is 5.32 Å². The van der Waals surface area contributed by atoms with Gasteiger partial charge in [-0.2, -0.15) is 0 Å². The lowest BCUT2D eigenvalue weighted by molar-refractivity contribution is 0.544. The summed E-state index contributed by atoms with van der Waals surface area (Å²) in [6.45, 7) is 5.01. The van der Waals surface area contributed by atoms with Gasteiger partial charge in [-0.05, 0) is 54.8 Å². The lowest BCUT2D eigenvalue weighted by atomic mass is 9.96. The second-order valence-corrected chi connectivity index (χ2v) is 4.68. The fraction of sp³-hybridized carbons (Fsp3) is 0.312. The molecule has 0 radical (unpaired) electrons. The minimum atomic E-state index is -0.181. The molecule has 1 aromatic carbocycles. The molecule has 100 valence electrons. The van der Waals surface area contributed by atoms with E-state index < -0.39 is 0 Å². The second kappa shape index (κ2) is 6.43. The molecule has 1 heterocycles. The molecule has 19 heavy (non-hydrogen) atoms. The van der Waals surface area contributed by atoms with E-state index in [9.17, 15) is 4.39 Å². The molecule has 0 saturated heterocycles. The predicted octanol–water partition coefficient (Wildman–Crippen LogP) is 3.42. The summed E-state index contributed by atoms with van der Waals surface area (Å²) in [6.07, 6.45) is 4.44. The molecular formula is C16H19FN2. The smallest absolute Gasteiger partial charge is 0.123 e. The Hall–Kier alpha value is -1.74. The van der Waals surface area contributed by atoms with Crippen molar-refractivity contribution in [2.75, 3.05) is 6.54 Å². The van der Waals surface area contributed by atoms with Gasteiger partial charge in [0, 0.05) is 18.4 Å². The van der Waals surface area contributed by atoms with E-state index in [0.29, 0.717) is 0 Å². The SMILES string of the molecule is CCNC(Cc1cccc(F)c1)c1ccncc1C. The Balaban J connectivity index is 2.24. The molecule has 0 saturated carbocycles. The van der Waals surface area contributed by atoms with Crippen molar-refractivity contribution in [3.05, 3.63) is 65.2 Å². The summed E-state index contributed by atoms with van der Waals surface area (Å²) in [4.78, 5) is 4.12. The van der Waals surface area contributed by atoms with Crippen LogP contribution in [-0.2, 0) is 6.42 Å². The maximum Gasteiger partial charge on any atom is 0.123 e. The van der Waals surface area contributed by atoms with Gasteiger partial charge in [-0.25, -0.2) is 4.39 Å². The van der Waals surface area contributed by atoms with Gasteiger partial charge in [-0.15, -0.1) is 0 Å². The monoisotopic (exact) mass is 258 g/mol. The van der Waals surface area contributed by atoms with Crippen molar-refractivity contribution in [1.82, 2.24) is 10.3 Å². The van der Waals surface area contributed by atoms with Crippen LogP contribution in [0.4, 0.5) is 4.39 Å². The summed E-state index contributed by atoms with van der Waals surface area (Å²) in [5.41, 5.74) is 3.38. The number of likely N-dealkylation sites (N-methyl/N-ethyl adjacent to an activating group) is 1. The zero-order valence-corrected chi connectivity index (χ0v) is 11.4. The standard InChI is InChI=1S/C16H19FN2/c1-3-19-16(15-7-8-18-11-12(15)2)10-13-5-4-6-14(17)9-13/h4-9,11,16,19H,3,10H2,1-2H3. The van der Waals surface area contributed by atoms with Crippen LogP contribution in [0.5, 0.6) is 0 Å². The number of nitrogens with zero attached hydrogens (tertiary/aromatic N) is 1. The Morgan fingerprint density at radius 3 is 2.84 bits per heavy atom. The molecule has 0 spiro atoms. The Labute approximate surface area is 113 Å². The van der Waals surface area contributed by atoms with E-state index in [1.54, 1.807) is 18.3 Å². The molecule has 2 nitrogen and oxygen atoms in total. The molecule has 0 aliphatic heterocycles. The number of aromatic nitrogens is 1. The predicted molar refractivity (Wildman–Crippen MR) is 75.5 cm³/mol. The maximum absolute atomic E-state index is 13.3. The number of hydrogen-bond donors (Lipinski definition) is 1. The van der Waals surface area contributed by atoms with Crippen molar-refractivity contribution in [2.45, 2.75) is 26.3 Å². The first kappa shape index (κ1) is 13.7. The molecule has 0 fully saturated rings. The number of nitrogens with one attached hydrogen (secondary N) is 1. The van der Waals surface area contributed by atoms with Gasteiger partial charge in [0.25, 0.3) is 0 Å². The minimum Gasteiger partial charge on any atom is -0.310 e. The van der Waals surface area contributed by atoms with E-state index in [4.69, 9.17) is 0 Å². The molecule has 1 unspecified atom stereocenters. The van der Waals surface area contributed by atoms with Crippen molar-refractivity contribution in [3.8, 4) is 0 Å². The van der Waals surface area contributed by atoms with Crippen molar-refractivity contribution in [2.24, 2.45) is 0 Å². The molecule has 0 aliphatic rings. The quantitative estimate of drug-likeness (QED) is 0.888. The minimum absolute atomic E-state index is 0.181. The average Bonchev–Trinajstić information content (AvgIpc) is 2.39. The van der Waals surface area contributed by atoms with Gasteiger partial charge in [0.1, 0.15) is 5.82 Å². The van der Waals surface area contributed by atoms with Crippen molar-refractivity contribution >= 4 is 0 Å². The zero-order valence-electron chi connectivity index (χ0n) is 11.4. The van der Waals surface area contributed by atoms with Crippen LogP contribution in [0.1, 0.15) is 29.7 Å². The molecule has 0 bridgehead atoms. The summed E-state index contributed by atoms with van der Waals surface area (Å²) < 4.78 is 13.3. The average molecular weight is 258 g/mol. The van der Waals surface area contributed by atoms with Gasteiger partial charge in [-0.1, -0.05) is 19.1 Å². The highest BCUT2D eigenvalue weighted by Gasteiger charge is 2.13. The van der Waals surface area contributed by atoms with E-state index in [-0.39, 0.29) is 11.9 Å². The topological polar surface area (TPSA) is 24.9 Å². The fourth-order valence-electron chi connectivity index (χ4n) is 2.31. The van der Waals surface area contributed by atoms with E-state index in [2.05, 4.69) is 24.1 Å². The summed E-state index contributed by atoms with van der Waals surface area (Å²) in [5, 5.41) is 3.46. The highest BCUT2D eigenvalue weighted by atomic mass is 19.1. The van der Waals surface area contributed by atoms with Gasteiger partial charge in [0.15, 0.2) is 0 Å². The normalized spacial score (nSPS) is 12.4. The molecule has 0 amide bonds. The first-order valence-electron chi connectivity index (χ1n) is 6.59. The van der Waals surface area contributed by atoms with E-state index in [0.717, 1.165) is 24.1 Å². The highest BCUT2D eigenvalue weighted by Crippen LogP contribution is 2.21. The largest absolute Gasteiger partial charge is 0.310 e. The zero-order chi connectivity index (χ0) is 13.7. The van der Waals surface area contributed by atoms with E-state index in [1.807, 2.05) is 18.3 Å². The first-order valence-corrected chi connectivity index (χ1v) is 6.59. The molecule has 1 N–H and O–H groups in total. The van der Waals surface area contributed by atoms with Gasteiger partial charge >= 0.3 is 0 Å². The Morgan fingerprint density at radius 2 is 2.16 bits per heavy atom. The number of rotatable bonds is 5. The third-order valence-electron chi connectivity index (χ3n) is 3.22. The van der Waals surface area contributed by atoms with Crippen LogP contribution >= 0.6 is 0 Å². The summed E-state index contributed by atoms with van der Waals surface area (Å²) in [6, 6.07) is 9.01. The van der Waals surface area contributed by atoms with Crippen molar-refractivity contribution in [1.29, 1.82) is 0 Å². The van der Waals surface area contributed by atoms with Crippen molar-refractivity contribution in [3.63, 3.8) is 0 Å². The highest BCUT2D eigenvalue weighted by molar-refractivity contribution is 5.28. The van der Waals surface area contributed by atoms with Crippen LogP contribution in [0.3, 0.4) is 0 Å². The third-order valence-corrected chi connectivity index (χ3v) is 3.22. The lowest BCUT2D eigenvalue weighted by Crippen LogP contribution is -2.23. The van der Waals surface area contributed by atoms with Gasteiger partial charge in [0.05, 0.1) is 0 Å². The molecule has 2 aromatic rings. The lowest BCUT2D eigenvalue weighted by Gasteiger charge is -2.20. The number of halogens is 1. The van der Waals surface area contributed by atoms with Gasteiger partial charge in [0.2, 0.25) is 0 Å². The Kier molecular flexibility index (Phi) is 4.63. The van der Waals surface area contributed by atoms with Crippen LogP contribution in [0.25, 0.3) is 0 Å². The van der Waals surface area contributed by atoms with Crippen molar-refractivity contribution < 1.29 is 4.39 Å². The maximum atomic E-state index is 13.3. The molecule has 0 aliphatic carbocycles. The number of benzene rings is 1. The Morgan fingerprint density at radius 1 is 1.32 bits per heavy atom. The fourth-order valence-corrected chi connectivity index (χ4v) is 2.31. The molecular weight excluding hydrogens is 239 g/mol. The molecule has 1 aromatic heterocycles. The van der Waals surface area contributed by atoms with Crippen LogP contribution in [-0.4, -0.2) is 11.5 Å². The van der Waals surface area contributed by atoms with Gasteiger partial charge in [-0.3, -0.25) is 4.98 Å². The van der Waals surface area contributed by atoms with E-state index in [1.165, 1.54) is 11.6 Å². The summed E-state index contributed by atoms with van der Waals surface area (Å²) in [7, 11) is 0. The molecule has 2 rings (SSSR count). The summed E-state index contributed by atoms with van der Waals surface area (Å²) >= 11 is 0. The number of pyridine rings is 1. The van der Waals surface area contributed by atoms with Crippen LogP contribution < -0.4 is 5.32 Å². The number of hydrogen-bond acceptors (Lipinski definition) is 2. The third kappa shape index (κ3) is 3.61. The second-order valence-electron chi connectivity index (χ2n) is 4.68. The van der Waals surface area contributed by atoms with Crippen LogP contribution in [0, 0.1) is 12.7 Å². The van der Waals surface area contributed by atoms with E-state index >= 15 is 0 Å². The Bertz CT molecular complexity index is 540. The molecule has 1 atom stereocenters. The molecule has 3 heteroatoms. The van der Waals surface area contributed by atoms with Crippen LogP contribution in [0.15, 0.2) is 42.7 Å². The van der Waals surface area contributed by atoms with Crippen LogP contribution in [0.2, 0.25) is 0 Å². The number of aryl methyl sites for hydroxylation is 1.